The van der Waals surface area contributed by atoms with Gasteiger partial charge in [-0.25, -0.2) is 0 Å². The average molecular weight is 571 g/mol. The molecule has 0 saturated heterocycles. The summed E-state index contributed by atoms with van der Waals surface area (Å²) < 4.78 is 23.0. The van der Waals surface area contributed by atoms with E-state index in [4.69, 9.17) is 18.5 Å². The molecule has 0 aliphatic rings. The summed E-state index contributed by atoms with van der Waals surface area (Å²) in [5, 5.41) is 0. The molecule has 0 bridgehead atoms. The number of hydrogen-bond donors (Lipinski definition) is 1. The molecule has 0 amide bonds. The van der Waals surface area contributed by atoms with Crippen LogP contribution in [0.3, 0.4) is 0 Å². The van der Waals surface area contributed by atoms with Gasteiger partial charge >= 0.3 is 14.6 Å². The summed E-state index contributed by atoms with van der Waals surface area (Å²) in [7, 11) is 4.42. The van der Waals surface area contributed by atoms with Crippen molar-refractivity contribution >= 4 is 14.6 Å². The molecule has 0 aliphatic heterocycles. The number of benzene rings is 1. The number of quaternary nitrogens is 1. The highest BCUT2D eigenvalue weighted by atomic mass is 31.2. The van der Waals surface area contributed by atoms with Crippen LogP contribution in [0.1, 0.15) is 103 Å². The zero-order chi connectivity index (χ0) is 28.8. The van der Waals surface area contributed by atoms with Crippen molar-refractivity contribution in [2.45, 2.75) is 110 Å². The van der Waals surface area contributed by atoms with Crippen molar-refractivity contribution in [3.63, 3.8) is 0 Å². The lowest BCUT2D eigenvalue weighted by atomic mass is 10.0. The second-order valence-corrected chi connectivity index (χ2v) is 12.6. The highest BCUT2D eigenvalue weighted by molar-refractivity contribution is 7.40. The van der Waals surface area contributed by atoms with Crippen molar-refractivity contribution in [2.24, 2.45) is 0 Å². The van der Waals surface area contributed by atoms with Gasteiger partial charge in [-0.3, -0.25) is 4.79 Å². The third-order valence-corrected chi connectivity index (χ3v) is 7.31. The Morgan fingerprint density at radius 2 is 1.51 bits per heavy atom. The predicted molar refractivity (Wildman–Crippen MR) is 161 cm³/mol. The lowest BCUT2D eigenvalue weighted by Gasteiger charge is -2.23. The Morgan fingerprint density at radius 3 is 2.13 bits per heavy atom. The van der Waals surface area contributed by atoms with Gasteiger partial charge in [0.1, 0.15) is 12.4 Å². The molecule has 0 saturated carbocycles. The van der Waals surface area contributed by atoms with Gasteiger partial charge in [0.2, 0.25) is 0 Å². The van der Waals surface area contributed by atoms with E-state index >= 15 is 0 Å². The van der Waals surface area contributed by atoms with Crippen molar-refractivity contribution in [1.29, 1.82) is 0 Å². The number of hydrogen-bond acceptors (Lipinski definition) is 6. The summed E-state index contributed by atoms with van der Waals surface area (Å²) in [6, 6.07) is 8.10. The maximum absolute atomic E-state index is 11.5. The SMILES string of the molecule is CCCCCCCCCCCCCc1cccc(OCC(COP(O)OCCCC[N+](C)(C)C)OC(C)=O)c1. The summed E-state index contributed by atoms with van der Waals surface area (Å²) in [5.41, 5.74) is 1.25. The van der Waals surface area contributed by atoms with Gasteiger partial charge in [-0.1, -0.05) is 83.3 Å². The molecule has 2 atom stereocenters. The third-order valence-electron chi connectivity index (χ3n) is 6.53. The minimum absolute atomic E-state index is 0.0130. The maximum Gasteiger partial charge on any atom is 0.329 e. The first kappa shape index (κ1) is 35.8. The number of unbranched alkanes of at least 4 members (excludes halogenated alkanes) is 11. The molecule has 1 rings (SSSR count). The van der Waals surface area contributed by atoms with Gasteiger partial charge in [0.15, 0.2) is 6.10 Å². The van der Waals surface area contributed by atoms with Gasteiger partial charge < -0.3 is 27.9 Å². The molecule has 0 aliphatic carbocycles. The number of nitrogens with zero attached hydrogens (tertiary/aromatic N) is 1. The average Bonchev–Trinajstić information content (AvgIpc) is 2.88. The second-order valence-electron chi connectivity index (χ2n) is 11.6. The molecular formula is C31H57NO6P+. The standard InChI is InChI=1S/C31H57NO6P/c1-6-7-8-9-10-11-12-13-14-15-16-20-29-21-19-22-30(25-29)35-26-31(38-28(2)33)27-37-39(34)36-24-18-17-23-32(3,4)5/h19,21-22,25,31,34H,6-18,20,23-24,26-27H2,1-5H3/q+1. The first-order chi connectivity index (χ1) is 18.7. The van der Waals surface area contributed by atoms with E-state index in [0.29, 0.717) is 6.61 Å². The van der Waals surface area contributed by atoms with Crippen LogP contribution in [-0.2, 0) is 25.0 Å². The lowest BCUT2D eigenvalue weighted by Crippen LogP contribution is -2.35. The Kier molecular flexibility index (Phi) is 20.6. The fraction of sp³-hybridized carbons (Fsp3) is 0.774. The minimum Gasteiger partial charge on any atom is -0.490 e. The van der Waals surface area contributed by atoms with Crippen LogP contribution < -0.4 is 4.74 Å². The van der Waals surface area contributed by atoms with Gasteiger partial charge in [-0.05, 0) is 43.4 Å². The Hall–Kier alpha value is -1.24. The van der Waals surface area contributed by atoms with Gasteiger partial charge in [0.25, 0.3) is 0 Å². The van der Waals surface area contributed by atoms with Crippen molar-refractivity contribution < 1.29 is 32.7 Å². The molecule has 39 heavy (non-hydrogen) atoms. The smallest absolute Gasteiger partial charge is 0.329 e. The molecule has 0 radical (unpaired) electrons. The molecule has 2 unspecified atom stereocenters. The number of carbonyl (C=O) groups excluding carboxylic acids is 1. The molecule has 0 spiro atoms. The largest absolute Gasteiger partial charge is 0.490 e. The molecule has 0 heterocycles. The van der Waals surface area contributed by atoms with Gasteiger partial charge in [0, 0.05) is 6.92 Å². The van der Waals surface area contributed by atoms with Crippen LogP contribution in [0.25, 0.3) is 0 Å². The van der Waals surface area contributed by atoms with Crippen molar-refractivity contribution in [3.05, 3.63) is 29.8 Å². The zero-order valence-electron chi connectivity index (χ0n) is 25.5. The van der Waals surface area contributed by atoms with E-state index in [1.54, 1.807) is 0 Å². The summed E-state index contributed by atoms with van der Waals surface area (Å²) in [6.45, 7) is 5.26. The maximum atomic E-state index is 11.5. The van der Waals surface area contributed by atoms with Gasteiger partial charge in [0.05, 0.1) is 40.9 Å². The molecule has 1 aromatic carbocycles. The molecule has 7 nitrogen and oxygen atoms in total. The fourth-order valence-corrected chi connectivity index (χ4v) is 4.99. The van der Waals surface area contributed by atoms with Crippen LogP contribution in [0.4, 0.5) is 0 Å². The first-order valence-electron chi connectivity index (χ1n) is 15.1. The minimum atomic E-state index is -2.02. The monoisotopic (exact) mass is 570 g/mol. The van der Waals surface area contributed by atoms with E-state index in [2.05, 4.69) is 40.2 Å². The fourth-order valence-electron chi connectivity index (χ4n) is 4.34. The molecule has 1 aromatic rings. The van der Waals surface area contributed by atoms with Crippen LogP contribution in [0.15, 0.2) is 24.3 Å². The van der Waals surface area contributed by atoms with E-state index in [1.807, 2.05) is 12.1 Å². The van der Waals surface area contributed by atoms with Gasteiger partial charge in [-0.15, -0.1) is 0 Å². The van der Waals surface area contributed by atoms with Crippen LogP contribution in [0, 0.1) is 0 Å². The Balaban J connectivity index is 2.27. The van der Waals surface area contributed by atoms with Gasteiger partial charge in [-0.2, -0.15) is 0 Å². The van der Waals surface area contributed by atoms with Crippen LogP contribution in [-0.4, -0.2) is 69.0 Å². The molecule has 1 N–H and O–H groups in total. The number of carbonyl (C=O) groups is 1. The highest BCUT2D eigenvalue weighted by Crippen LogP contribution is 2.33. The molecular weight excluding hydrogens is 513 g/mol. The quantitative estimate of drug-likeness (QED) is 0.0565. The van der Waals surface area contributed by atoms with E-state index in [-0.39, 0.29) is 13.2 Å². The lowest BCUT2D eigenvalue weighted by molar-refractivity contribution is -0.870. The molecule has 226 valence electrons. The Bertz CT molecular complexity index is 742. The van der Waals surface area contributed by atoms with Crippen molar-refractivity contribution in [1.82, 2.24) is 0 Å². The van der Waals surface area contributed by atoms with E-state index < -0.39 is 20.7 Å². The van der Waals surface area contributed by atoms with Crippen molar-refractivity contribution in [2.75, 3.05) is 47.5 Å². The molecule has 0 fully saturated rings. The number of esters is 1. The number of ether oxygens (including phenoxy) is 2. The Morgan fingerprint density at radius 1 is 0.872 bits per heavy atom. The van der Waals surface area contributed by atoms with Crippen molar-refractivity contribution in [3.8, 4) is 5.75 Å². The summed E-state index contributed by atoms with van der Waals surface area (Å²) in [5.74, 6) is 0.327. The molecule has 8 heteroatoms. The normalized spacial score (nSPS) is 13.3. The van der Waals surface area contributed by atoms with Crippen LogP contribution >= 0.6 is 8.60 Å². The van der Waals surface area contributed by atoms with E-state index in [0.717, 1.165) is 36.0 Å². The van der Waals surface area contributed by atoms with E-state index in [1.165, 1.54) is 83.1 Å². The zero-order valence-corrected chi connectivity index (χ0v) is 26.4. The molecule has 0 aromatic heterocycles. The summed E-state index contributed by atoms with van der Waals surface area (Å²) in [4.78, 5) is 21.6. The summed E-state index contributed by atoms with van der Waals surface area (Å²) in [6.07, 6.45) is 17.0. The van der Waals surface area contributed by atoms with Crippen LogP contribution in [0.2, 0.25) is 0 Å². The Labute approximate surface area is 240 Å². The number of rotatable bonds is 25. The van der Waals surface area contributed by atoms with Crippen LogP contribution in [0.5, 0.6) is 5.75 Å². The third kappa shape index (κ3) is 22.2. The number of aryl methyl sites for hydroxylation is 1. The highest BCUT2D eigenvalue weighted by Gasteiger charge is 2.18. The second kappa shape index (κ2) is 22.4. The predicted octanol–water partition coefficient (Wildman–Crippen LogP) is 7.59. The first-order valence-corrected chi connectivity index (χ1v) is 16.3. The summed E-state index contributed by atoms with van der Waals surface area (Å²) >= 11 is 0. The topological polar surface area (TPSA) is 74.2 Å². The van der Waals surface area contributed by atoms with E-state index in [9.17, 15) is 9.69 Å².